The van der Waals surface area contributed by atoms with Gasteiger partial charge in [0.1, 0.15) is 5.82 Å². The summed E-state index contributed by atoms with van der Waals surface area (Å²) < 4.78 is 13.1. The smallest absolute Gasteiger partial charge is 0.224 e. The number of carbonyl (C=O) groups excluding carboxylic acids is 1. The molecule has 1 N–H and O–H groups in total. The fraction of sp³-hybridized carbons (Fsp3) is 0.500. The summed E-state index contributed by atoms with van der Waals surface area (Å²) in [5.41, 5.74) is 0.821. The maximum Gasteiger partial charge on any atom is 0.224 e. The predicted octanol–water partition coefficient (Wildman–Crippen LogP) is 1.88. The van der Waals surface area contributed by atoms with Gasteiger partial charge in [0.05, 0.1) is 0 Å². The van der Waals surface area contributed by atoms with E-state index in [1.165, 1.54) is 12.1 Å². The molecule has 5 heteroatoms. The first-order valence-corrected chi connectivity index (χ1v) is 7.60. The molecule has 1 amide bonds. The number of hydrogen-bond acceptors (Lipinski definition) is 3. The van der Waals surface area contributed by atoms with E-state index in [0.717, 1.165) is 23.6 Å². The Labute approximate surface area is 117 Å². The number of nitrogens with zero attached hydrogens (tertiary/aromatic N) is 1. The third kappa shape index (κ3) is 4.51. The fourth-order valence-electron chi connectivity index (χ4n) is 2.11. The van der Waals surface area contributed by atoms with E-state index in [1.54, 1.807) is 18.0 Å². The first kappa shape index (κ1) is 14.3. The van der Waals surface area contributed by atoms with E-state index >= 15 is 0 Å². The van der Waals surface area contributed by atoms with E-state index in [9.17, 15) is 9.18 Å². The van der Waals surface area contributed by atoms with Crippen molar-refractivity contribution in [3.05, 3.63) is 35.6 Å². The Bertz CT molecular complexity index is 435. The van der Waals surface area contributed by atoms with E-state index in [4.69, 9.17) is 0 Å². The van der Waals surface area contributed by atoms with Gasteiger partial charge in [-0.3, -0.25) is 4.79 Å². The van der Waals surface area contributed by atoms with Crippen LogP contribution in [0.3, 0.4) is 0 Å². The largest absolute Gasteiger partial charge is 0.341 e. The fourth-order valence-corrected chi connectivity index (χ4v) is 3.06. The van der Waals surface area contributed by atoms with Crippen LogP contribution in [0.4, 0.5) is 4.39 Å². The zero-order valence-corrected chi connectivity index (χ0v) is 11.9. The molecule has 1 atom stereocenters. The van der Waals surface area contributed by atoms with Gasteiger partial charge in [0.2, 0.25) is 5.91 Å². The average molecular weight is 282 g/mol. The highest BCUT2D eigenvalue weighted by Crippen LogP contribution is 2.12. The summed E-state index contributed by atoms with van der Waals surface area (Å²) in [5.74, 6) is 1.94. The Morgan fingerprint density at radius 1 is 1.58 bits per heavy atom. The molecule has 1 saturated heterocycles. The summed E-state index contributed by atoms with van der Waals surface area (Å²) in [6.45, 7) is 1.42. The first-order valence-electron chi connectivity index (χ1n) is 6.44. The molecule has 1 aliphatic rings. The average Bonchev–Trinajstić information content (AvgIpc) is 2.40. The van der Waals surface area contributed by atoms with E-state index < -0.39 is 0 Å². The van der Waals surface area contributed by atoms with Gasteiger partial charge in [0.25, 0.3) is 0 Å². The van der Waals surface area contributed by atoms with Crippen molar-refractivity contribution in [2.45, 2.75) is 19.0 Å². The second-order valence-electron chi connectivity index (χ2n) is 4.81. The molecule has 1 unspecified atom stereocenters. The molecule has 0 spiro atoms. The monoisotopic (exact) mass is 282 g/mol. The summed E-state index contributed by atoms with van der Waals surface area (Å²) in [4.78, 5) is 13.7. The zero-order valence-electron chi connectivity index (χ0n) is 11.1. The van der Waals surface area contributed by atoms with Crippen LogP contribution in [-0.2, 0) is 11.3 Å². The number of thioether (sulfide) groups is 1. The number of halogens is 1. The molecule has 0 bridgehead atoms. The van der Waals surface area contributed by atoms with Gasteiger partial charge in [-0.25, -0.2) is 4.39 Å². The molecular formula is C14H19FN2OS. The maximum atomic E-state index is 13.1. The lowest BCUT2D eigenvalue weighted by molar-refractivity contribution is -0.130. The Morgan fingerprint density at radius 2 is 2.42 bits per heavy atom. The molecular weight excluding hydrogens is 263 g/mol. The van der Waals surface area contributed by atoms with Gasteiger partial charge in [0, 0.05) is 44.1 Å². The summed E-state index contributed by atoms with van der Waals surface area (Å²) in [7, 11) is 1.77. The lowest BCUT2D eigenvalue weighted by Gasteiger charge is -2.25. The number of nitrogens with one attached hydrogen (secondary N) is 1. The first-order chi connectivity index (χ1) is 9.15. The van der Waals surface area contributed by atoms with Crippen LogP contribution in [0.1, 0.15) is 12.0 Å². The molecule has 1 heterocycles. The Kier molecular flexibility index (Phi) is 5.22. The molecule has 1 aromatic carbocycles. The van der Waals surface area contributed by atoms with Crippen LogP contribution < -0.4 is 5.32 Å². The molecule has 0 aromatic heterocycles. The highest BCUT2D eigenvalue weighted by molar-refractivity contribution is 7.99. The van der Waals surface area contributed by atoms with Crippen LogP contribution in [-0.4, -0.2) is 41.9 Å². The van der Waals surface area contributed by atoms with Crippen LogP contribution >= 0.6 is 11.8 Å². The second kappa shape index (κ2) is 6.91. The van der Waals surface area contributed by atoms with Crippen LogP contribution in [0.2, 0.25) is 0 Å². The van der Waals surface area contributed by atoms with Crippen LogP contribution in [0.15, 0.2) is 24.3 Å². The SMILES string of the molecule is CN(Cc1cccc(F)c1)C(=O)CC1CSCCN1. The minimum Gasteiger partial charge on any atom is -0.341 e. The number of amides is 1. The summed E-state index contributed by atoms with van der Waals surface area (Å²) in [6, 6.07) is 6.65. The van der Waals surface area contributed by atoms with Crippen molar-refractivity contribution in [2.24, 2.45) is 0 Å². The molecule has 2 rings (SSSR count). The number of hydrogen-bond donors (Lipinski definition) is 1. The number of carbonyl (C=O) groups is 1. The third-order valence-electron chi connectivity index (χ3n) is 3.15. The van der Waals surface area contributed by atoms with Crippen LogP contribution in [0.5, 0.6) is 0 Å². The van der Waals surface area contributed by atoms with E-state index in [-0.39, 0.29) is 17.8 Å². The highest BCUT2D eigenvalue weighted by Gasteiger charge is 2.19. The Morgan fingerprint density at radius 3 is 3.11 bits per heavy atom. The van der Waals surface area contributed by atoms with Gasteiger partial charge in [-0.2, -0.15) is 11.8 Å². The minimum atomic E-state index is -0.260. The van der Waals surface area contributed by atoms with Gasteiger partial charge >= 0.3 is 0 Å². The lowest BCUT2D eigenvalue weighted by atomic mass is 10.1. The van der Waals surface area contributed by atoms with Crippen molar-refractivity contribution in [3.8, 4) is 0 Å². The molecule has 0 aliphatic carbocycles. The van der Waals surface area contributed by atoms with Crippen molar-refractivity contribution in [2.75, 3.05) is 25.1 Å². The topological polar surface area (TPSA) is 32.3 Å². The predicted molar refractivity (Wildman–Crippen MR) is 76.6 cm³/mol. The number of rotatable bonds is 4. The van der Waals surface area contributed by atoms with E-state index in [0.29, 0.717) is 13.0 Å². The van der Waals surface area contributed by atoms with Gasteiger partial charge in [-0.05, 0) is 17.7 Å². The van der Waals surface area contributed by atoms with Crippen LogP contribution in [0.25, 0.3) is 0 Å². The minimum absolute atomic E-state index is 0.101. The van der Waals surface area contributed by atoms with Crippen molar-refractivity contribution >= 4 is 17.7 Å². The molecule has 19 heavy (non-hydrogen) atoms. The zero-order chi connectivity index (χ0) is 13.7. The molecule has 0 radical (unpaired) electrons. The van der Waals surface area contributed by atoms with E-state index in [2.05, 4.69) is 5.32 Å². The van der Waals surface area contributed by atoms with Gasteiger partial charge < -0.3 is 10.2 Å². The standard InChI is InChI=1S/C14H19FN2OS/c1-17(9-11-3-2-4-12(15)7-11)14(18)8-13-10-19-6-5-16-13/h2-4,7,13,16H,5-6,8-10H2,1H3. The normalized spacial score (nSPS) is 19.2. The maximum absolute atomic E-state index is 13.1. The summed E-state index contributed by atoms with van der Waals surface area (Å²) in [5, 5.41) is 3.35. The quantitative estimate of drug-likeness (QED) is 0.915. The van der Waals surface area contributed by atoms with Crippen LogP contribution in [0, 0.1) is 5.82 Å². The summed E-state index contributed by atoms with van der Waals surface area (Å²) in [6.07, 6.45) is 0.513. The number of benzene rings is 1. The summed E-state index contributed by atoms with van der Waals surface area (Å²) >= 11 is 1.88. The van der Waals surface area contributed by atoms with Crippen molar-refractivity contribution in [1.29, 1.82) is 0 Å². The van der Waals surface area contributed by atoms with Gasteiger partial charge in [-0.15, -0.1) is 0 Å². The van der Waals surface area contributed by atoms with E-state index in [1.807, 2.05) is 17.8 Å². The molecule has 1 fully saturated rings. The molecule has 104 valence electrons. The lowest BCUT2D eigenvalue weighted by Crippen LogP contribution is -2.41. The molecule has 3 nitrogen and oxygen atoms in total. The van der Waals surface area contributed by atoms with Crippen molar-refractivity contribution in [3.63, 3.8) is 0 Å². The van der Waals surface area contributed by atoms with Gasteiger partial charge in [-0.1, -0.05) is 12.1 Å². The third-order valence-corrected chi connectivity index (χ3v) is 4.28. The van der Waals surface area contributed by atoms with Gasteiger partial charge in [0.15, 0.2) is 0 Å². The highest BCUT2D eigenvalue weighted by atomic mass is 32.2. The Hall–Kier alpha value is -1.07. The Balaban J connectivity index is 1.84. The molecule has 1 aromatic rings. The second-order valence-corrected chi connectivity index (χ2v) is 5.96. The molecule has 0 saturated carbocycles. The van der Waals surface area contributed by atoms with Crippen molar-refractivity contribution < 1.29 is 9.18 Å². The van der Waals surface area contributed by atoms with Crippen molar-refractivity contribution in [1.82, 2.24) is 10.2 Å². The molecule has 1 aliphatic heterocycles.